The number of nitriles is 2. The Morgan fingerprint density at radius 2 is 1.11 bits per heavy atom. The molecule has 172 valence electrons. The van der Waals surface area contributed by atoms with Gasteiger partial charge in [0.1, 0.15) is 28.8 Å². The Morgan fingerprint density at radius 3 is 1.54 bits per heavy atom. The number of anilines is 1. The van der Waals surface area contributed by atoms with Gasteiger partial charge >= 0.3 is 0 Å². The van der Waals surface area contributed by atoms with Crippen LogP contribution in [0.5, 0.6) is 23.0 Å². The molecule has 0 unspecified atom stereocenters. The van der Waals surface area contributed by atoms with Gasteiger partial charge in [0.2, 0.25) is 0 Å². The Balaban J connectivity index is 1.67. The molecular weight excluding hydrogens is 469 g/mol. The lowest BCUT2D eigenvalue weighted by atomic mass is 10.2. The molecule has 0 amide bonds. The molecule has 0 atom stereocenters. The van der Waals surface area contributed by atoms with Crippen molar-refractivity contribution in [3.05, 3.63) is 108 Å². The number of rotatable bonds is 7. The molecule has 0 radical (unpaired) electrons. The SMILES string of the molecule is N#Cc1ccc(Oc2cc(NS(=O)(=O)c3ccc(F)cc3)cc(Oc3ccc(C#N)cc3)c2)cc1. The average molecular weight is 485 g/mol. The third-order valence-corrected chi connectivity index (χ3v) is 6.09. The zero-order valence-corrected chi connectivity index (χ0v) is 18.8. The highest BCUT2D eigenvalue weighted by atomic mass is 32.2. The topological polar surface area (TPSA) is 112 Å². The highest BCUT2D eigenvalue weighted by Crippen LogP contribution is 2.33. The standard InChI is InChI=1S/C26H16FN3O4S/c27-20-5-11-26(12-6-20)35(31,32)30-21-13-24(33-22-7-1-18(16-28)2-8-22)15-25(14-21)34-23-9-3-19(17-29)4-10-23/h1-15,30H. The third-order valence-electron chi connectivity index (χ3n) is 4.69. The minimum absolute atomic E-state index is 0.119. The van der Waals surface area contributed by atoms with Crippen molar-refractivity contribution in [2.75, 3.05) is 4.72 Å². The number of nitrogens with zero attached hydrogens (tertiary/aromatic N) is 2. The van der Waals surface area contributed by atoms with E-state index in [9.17, 15) is 12.8 Å². The van der Waals surface area contributed by atoms with Crippen molar-refractivity contribution in [1.82, 2.24) is 0 Å². The fourth-order valence-corrected chi connectivity index (χ4v) is 4.08. The Hall–Kier alpha value is -4.86. The molecule has 0 heterocycles. The summed E-state index contributed by atoms with van der Waals surface area (Å²) in [6, 6.07) is 25.7. The van der Waals surface area contributed by atoms with Crippen LogP contribution in [0.1, 0.15) is 11.1 Å². The molecule has 4 aromatic rings. The van der Waals surface area contributed by atoms with Crippen LogP contribution in [0.4, 0.5) is 10.1 Å². The lowest BCUT2D eigenvalue weighted by Gasteiger charge is -2.14. The van der Waals surface area contributed by atoms with Crippen LogP contribution in [0.25, 0.3) is 0 Å². The summed E-state index contributed by atoms with van der Waals surface area (Å²) in [5, 5.41) is 17.9. The Bertz CT molecular complexity index is 1460. The van der Waals surface area contributed by atoms with Crippen molar-refractivity contribution >= 4 is 15.7 Å². The van der Waals surface area contributed by atoms with E-state index < -0.39 is 15.8 Å². The number of hydrogen-bond donors (Lipinski definition) is 1. The maximum Gasteiger partial charge on any atom is 0.261 e. The lowest BCUT2D eigenvalue weighted by molar-refractivity contribution is 0.461. The average Bonchev–Trinajstić information content (AvgIpc) is 2.85. The van der Waals surface area contributed by atoms with Gasteiger partial charge in [0.05, 0.1) is 33.8 Å². The second-order valence-corrected chi connectivity index (χ2v) is 8.91. The predicted octanol–water partition coefficient (Wildman–Crippen LogP) is 5.95. The van der Waals surface area contributed by atoms with E-state index in [1.165, 1.54) is 12.1 Å². The predicted molar refractivity (Wildman–Crippen MR) is 126 cm³/mol. The van der Waals surface area contributed by atoms with E-state index in [2.05, 4.69) is 4.72 Å². The maximum atomic E-state index is 13.2. The van der Waals surface area contributed by atoms with Crippen molar-refractivity contribution in [3.8, 4) is 35.1 Å². The van der Waals surface area contributed by atoms with Gasteiger partial charge in [-0.15, -0.1) is 0 Å². The fourth-order valence-electron chi connectivity index (χ4n) is 3.04. The van der Waals surface area contributed by atoms with Gasteiger partial charge in [0, 0.05) is 18.2 Å². The number of hydrogen-bond acceptors (Lipinski definition) is 6. The van der Waals surface area contributed by atoms with E-state index in [4.69, 9.17) is 20.0 Å². The van der Waals surface area contributed by atoms with Crippen molar-refractivity contribution in [2.24, 2.45) is 0 Å². The van der Waals surface area contributed by atoms with Gasteiger partial charge in [-0.1, -0.05) is 0 Å². The molecule has 0 aliphatic heterocycles. The van der Waals surface area contributed by atoms with Crippen molar-refractivity contribution < 1.29 is 22.3 Å². The number of sulfonamides is 1. The van der Waals surface area contributed by atoms with Crippen LogP contribution in [-0.4, -0.2) is 8.42 Å². The number of halogens is 1. The first-order valence-electron chi connectivity index (χ1n) is 10.1. The largest absolute Gasteiger partial charge is 0.457 e. The van der Waals surface area contributed by atoms with Crippen molar-refractivity contribution in [2.45, 2.75) is 4.90 Å². The smallest absolute Gasteiger partial charge is 0.261 e. The van der Waals surface area contributed by atoms with Crippen LogP contribution in [0.3, 0.4) is 0 Å². The molecule has 0 bridgehead atoms. The first-order valence-corrected chi connectivity index (χ1v) is 11.6. The Labute approximate surface area is 201 Å². The number of benzene rings is 4. The molecule has 0 aliphatic carbocycles. The van der Waals surface area contributed by atoms with Gasteiger partial charge in [0.25, 0.3) is 10.0 Å². The first kappa shape index (κ1) is 23.3. The van der Waals surface area contributed by atoms with Crippen molar-refractivity contribution in [1.29, 1.82) is 10.5 Å². The van der Waals surface area contributed by atoms with Crippen LogP contribution >= 0.6 is 0 Å². The Kier molecular flexibility index (Phi) is 6.63. The molecule has 9 heteroatoms. The maximum absolute atomic E-state index is 13.2. The molecule has 0 spiro atoms. The summed E-state index contributed by atoms with van der Waals surface area (Å²) in [4.78, 5) is -0.119. The van der Waals surface area contributed by atoms with Gasteiger partial charge in [0.15, 0.2) is 0 Å². The highest BCUT2D eigenvalue weighted by molar-refractivity contribution is 7.92. The number of ether oxygens (including phenoxy) is 2. The van der Waals surface area contributed by atoms with Gasteiger partial charge in [-0.2, -0.15) is 10.5 Å². The van der Waals surface area contributed by atoms with Crippen LogP contribution in [0, 0.1) is 28.5 Å². The monoisotopic (exact) mass is 485 g/mol. The molecule has 35 heavy (non-hydrogen) atoms. The second-order valence-electron chi connectivity index (χ2n) is 7.23. The van der Waals surface area contributed by atoms with Gasteiger partial charge in [-0.25, -0.2) is 12.8 Å². The lowest BCUT2D eigenvalue weighted by Crippen LogP contribution is -2.13. The van der Waals surface area contributed by atoms with E-state index in [1.807, 2.05) is 12.1 Å². The molecule has 0 aromatic heterocycles. The molecule has 7 nitrogen and oxygen atoms in total. The molecule has 1 N–H and O–H groups in total. The van der Waals surface area contributed by atoms with Crippen molar-refractivity contribution in [3.63, 3.8) is 0 Å². The summed E-state index contributed by atoms with van der Waals surface area (Å²) in [5.41, 5.74) is 1.06. The van der Waals surface area contributed by atoms with Gasteiger partial charge < -0.3 is 9.47 Å². The minimum Gasteiger partial charge on any atom is -0.457 e. The van der Waals surface area contributed by atoms with Crippen LogP contribution in [-0.2, 0) is 10.0 Å². The molecule has 0 aliphatic rings. The van der Waals surface area contributed by atoms with Gasteiger partial charge in [-0.3, -0.25) is 4.72 Å². The zero-order valence-electron chi connectivity index (χ0n) is 18.0. The zero-order chi connectivity index (χ0) is 24.8. The summed E-state index contributed by atoms with van der Waals surface area (Å²) >= 11 is 0. The van der Waals surface area contributed by atoms with E-state index in [-0.39, 0.29) is 22.1 Å². The van der Waals surface area contributed by atoms with E-state index in [0.717, 1.165) is 24.3 Å². The van der Waals surface area contributed by atoms with E-state index in [0.29, 0.717) is 22.6 Å². The van der Waals surface area contributed by atoms with Crippen LogP contribution < -0.4 is 14.2 Å². The van der Waals surface area contributed by atoms with Crippen LogP contribution in [0.15, 0.2) is 95.9 Å². The third kappa shape index (κ3) is 5.93. The molecule has 4 rings (SSSR count). The van der Waals surface area contributed by atoms with E-state index >= 15 is 0 Å². The minimum atomic E-state index is -4.03. The quantitative estimate of drug-likeness (QED) is 0.346. The highest BCUT2D eigenvalue weighted by Gasteiger charge is 2.16. The van der Waals surface area contributed by atoms with Gasteiger partial charge in [-0.05, 0) is 72.8 Å². The molecule has 0 fully saturated rings. The normalized spacial score (nSPS) is 10.6. The summed E-state index contributed by atoms with van der Waals surface area (Å²) in [6.07, 6.45) is 0. The van der Waals surface area contributed by atoms with E-state index in [1.54, 1.807) is 54.6 Å². The second kappa shape index (κ2) is 9.96. The summed E-state index contributed by atoms with van der Waals surface area (Å²) in [5.74, 6) is 0.814. The summed E-state index contributed by atoms with van der Waals surface area (Å²) < 4.78 is 53.0. The van der Waals surface area contributed by atoms with Crippen LogP contribution in [0.2, 0.25) is 0 Å². The summed E-state index contributed by atoms with van der Waals surface area (Å²) in [7, 11) is -4.03. The fraction of sp³-hybridized carbons (Fsp3) is 0. The molecule has 0 saturated carbocycles. The molecule has 4 aromatic carbocycles. The molecular formula is C26H16FN3O4S. The molecule has 0 saturated heterocycles. The first-order chi connectivity index (χ1) is 16.8. The summed E-state index contributed by atoms with van der Waals surface area (Å²) in [6.45, 7) is 0. The Morgan fingerprint density at radius 1 is 0.657 bits per heavy atom. The number of nitrogens with one attached hydrogen (secondary N) is 1.